The summed E-state index contributed by atoms with van der Waals surface area (Å²) in [6.07, 6.45) is 3.59. The molecule has 2 heterocycles. The smallest absolute Gasteiger partial charge is 0.276 e. The molecule has 0 saturated heterocycles. The molecule has 32 heavy (non-hydrogen) atoms. The average Bonchev–Trinajstić information content (AvgIpc) is 3.35. The highest BCUT2D eigenvalue weighted by Gasteiger charge is 2.33. The lowest BCUT2D eigenvalue weighted by Gasteiger charge is -2.37. The van der Waals surface area contributed by atoms with Crippen molar-refractivity contribution < 1.29 is 19.2 Å². The number of nitro groups is 1. The summed E-state index contributed by atoms with van der Waals surface area (Å²) in [4.78, 5) is 26.9. The van der Waals surface area contributed by atoms with E-state index in [0.29, 0.717) is 30.0 Å². The first-order valence-corrected chi connectivity index (χ1v) is 10.9. The third-order valence-electron chi connectivity index (χ3n) is 5.51. The van der Waals surface area contributed by atoms with Gasteiger partial charge in [0.05, 0.1) is 30.7 Å². The fourth-order valence-corrected chi connectivity index (χ4v) is 4.84. The van der Waals surface area contributed by atoms with Crippen LogP contribution in [0.5, 0.6) is 11.5 Å². The van der Waals surface area contributed by atoms with Crippen LogP contribution in [0.25, 0.3) is 6.08 Å². The molecule has 0 aliphatic carbocycles. The molecule has 1 aliphatic heterocycles. The van der Waals surface area contributed by atoms with Gasteiger partial charge in [-0.2, -0.15) is 0 Å². The fraction of sp³-hybridized carbons (Fsp3) is 0.208. The van der Waals surface area contributed by atoms with E-state index in [9.17, 15) is 14.9 Å². The number of fused-ring (bicyclic) bond motifs is 1. The van der Waals surface area contributed by atoms with E-state index in [4.69, 9.17) is 9.47 Å². The number of hydrogen-bond donors (Lipinski definition) is 0. The van der Waals surface area contributed by atoms with Gasteiger partial charge in [0, 0.05) is 23.6 Å². The van der Waals surface area contributed by atoms with Gasteiger partial charge in [0.25, 0.3) is 5.69 Å². The van der Waals surface area contributed by atoms with E-state index in [0.717, 1.165) is 16.0 Å². The van der Waals surface area contributed by atoms with Gasteiger partial charge >= 0.3 is 0 Å². The Balaban J connectivity index is 1.72. The van der Waals surface area contributed by atoms with Gasteiger partial charge in [0.2, 0.25) is 5.91 Å². The third-order valence-corrected chi connectivity index (χ3v) is 6.43. The molecular formula is C24H22N2O5S. The number of rotatable bonds is 6. The zero-order valence-electron chi connectivity index (χ0n) is 17.7. The molecule has 1 amide bonds. The molecule has 7 nitrogen and oxygen atoms in total. The van der Waals surface area contributed by atoms with Gasteiger partial charge in [0.15, 0.2) is 11.5 Å². The molecule has 0 bridgehead atoms. The predicted octanol–water partition coefficient (Wildman–Crippen LogP) is 4.86. The number of methoxy groups -OCH3 is 2. The topological polar surface area (TPSA) is 81.9 Å². The second-order valence-electron chi connectivity index (χ2n) is 7.25. The lowest BCUT2D eigenvalue weighted by Crippen LogP contribution is -2.39. The number of para-hydroxylation sites is 1. The summed E-state index contributed by atoms with van der Waals surface area (Å²) in [5.41, 5.74) is 2.45. The van der Waals surface area contributed by atoms with Crippen molar-refractivity contribution in [2.24, 2.45) is 0 Å². The van der Waals surface area contributed by atoms with Crippen molar-refractivity contribution in [3.63, 3.8) is 0 Å². The van der Waals surface area contributed by atoms with E-state index >= 15 is 0 Å². The number of carbonyl (C=O) groups is 1. The van der Waals surface area contributed by atoms with Crippen LogP contribution in [0.2, 0.25) is 0 Å². The largest absolute Gasteiger partial charge is 0.493 e. The standard InChI is InChI=1S/C24H22N2O5S/c1-30-20-14-17-11-12-25(23(27)10-9-16-6-3-4-7-19(16)26(28)29)24(22-8-5-13-32-22)18(17)15-21(20)31-2/h3-10,13-15,24H,11-12H2,1-2H3/b10-9+. The first kappa shape index (κ1) is 21.6. The second kappa shape index (κ2) is 9.23. The summed E-state index contributed by atoms with van der Waals surface area (Å²) >= 11 is 1.58. The molecule has 0 fully saturated rings. The Hall–Kier alpha value is -3.65. The first-order valence-electron chi connectivity index (χ1n) is 10.0. The van der Waals surface area contributed by atoms with Gasteiger partial charge in [-0.05, 0) is 53.3 Å². The molecule has 0 radical (unpaired) electrons. The predicted molar refractivity (Wildman–Crippen MR) is 123 cm³/mol. The maximum absolute atomic E-state index is 13.3. The van der Waals surface area contributed by atoms with E-state index < -0.39 is 4.92 Å². The van der Waals surface area contributed by atoms with Crippen LogP contribution < -0.4 is 9.47 Å². The van der Waals surface area contributed by atoms with Crippen LogP contribution in [-0.4, -0.2) is 36.5 Å². The monoisotopic (exact) mass is 450 g/mol. The van der Waals surface area contributed by atoms with Gasteiger partial charge in [-0.1, -0.05) is 18.2 Å². The van der Waals surface area contributed by atoms with E-state index in [1.54, 1.807) is 48.7 Å². The Bertz CT molecular complexity index is 1170. The average molecular weight is 451 g/mol. The van der Waals surface area contributed by atoms with Crippen LogP contribution in [0.3, 0.4) is 0 Å². The molecule has 4 rings (SSSR count). The number of carbonyl (C=O) groups excluding carboxylic acids is 1. The maximum Gasteiger partial charge on any atom is 0.276 e. The summed E-state index contributed by atoms with van der Waals surface area (Å²) in [7, 11) is 3.19. The summed E-state index contributed by atoms with van der Waals surface area (Å²) in [5, 5.41) is 13.3. The van der Waals surface area contributed by atoms with Crippen LogP contribution in [0.4, 0.5) is 5.69 Å². The molecule has 164 valence electrons. The van der Waals surface area contributed by atoms with Crippen LogP contribution in [-0.2, 0) is 11.2 Å². The molecule has 0 N–H and O–H groups in total. The van der Waals surface area contributed by atoms with Crippen molar-refractivity contribution >= 4 is 29.0 Å². The van der Waals surface area contributed by atoms with Gasteiger partial charge < -0.3 is 14.4 Å². The summed E-state index contributed by atoms with van der Waals surface area (Å²) < 4.78 is 11.0. The number of amides is 1. The lowest BCUT2D eigenvalue weighted by atomic mass is 9.90. The fourth-order valence-electron chi connectivity index (χ4n) is 3.99. The highest BCUT2D eigenvalue weighted by atomic mass is 32.1. The quantitative estimate of drug-likeness (QED) is 0.304. The van der Waals surface area contributed by atoms with Crippen molar-refractivity contribution in [2.45, 2.75) is 12.5 Å². The number of benzene rings is 2. The number of ether oxygens (including phenoxy) is 2. The van der Waals surface area contributed by atoms with Gasteiger partial charge in [-0.3, -0.25) is 14.9 Å². The van der Waals surface area contributed by atoms with Crippen LogP contribution in [0.15, 0.2) is 60.0 Å². The number of hydrogen-bond acceptors (Lipinski definition) is 6. The molecule has 1 unspecified atom stereocenters. The van der Waals surface area contributed by atoms with Crippen molar-refractivity contribution in [2.75, 3.05) is 20.8 Å². The minimum atomic E-state index is -0.449. The Morgan fingerprint density at radius 1 is 1.16 bits per heavy atom. The zero-order valence-corrected chi connectivity index (χ0v) is 18.5. The summed E-state index contributed by atoms with van der Waals surface area (Å²) in [6.45, 7) is 0.519. The maximum atomic E-state index is 13.3. The lowest BCUT2D eigenvalue weighted by molar-refractivity contribution is -0.385. The Morgan fingerprint density at radius 2 is 1.91 bits per heavy atom. The molecule has 2 aromatic carbocycles. The second-order valence-corrected chi connectivity index (χ2v) is 8.23. The van der Waals surface area contributed by atoms with E-state index in [1.165, 1.54) is 18.2 Å². The van der Waals surface area contributed by atoms with Crippen LogP contribution in [0.1, 0.15) is 27.6 Å². The highest BCUT2D eigenvalue weighted by Crippen LogP contribution is 2.42. The summed E-state index contributed by atoms with van der Waals surface area (Å²) in [6, 6.07) is 14.0. The van der Waals surface area contributed by atoms with Crippen molar-refractivity contribution in [1.82, 2.24) is 4.90 Å². The number of thiophene rings is 1. The molecule has 0 spiro atoms. The Morgan fingerprint density at radius 3 is 2.59 bits per heavy atom. The summed E-state index contributed by atoms with van der Waals surface area (Å²) in [5.74, 6) is 1.06. The van der Waals surface area contributed by atoms with Crippen molar-refractivity contribution in [1.29, 1.82) is 0 Å². The SMILES string of the molecule is COc1cc2c(cc1OC)C(c1cccs1)N(C(=O)/C=C/c1ccccc1[N+](=O)[O-])CC2. The Kier molecular flexibility index (Phi) is 6.23. The molecule has 0 saturated carbocycles. The minimum absolute atomic E-state index is 0.0350. The van der Waals surface area contributed by atoms with Crippen molar-refractivity contribution in [3.8, 4) is 11.5 Å². The van der Waals surface area contributed by atoms with Crippen LogP contribution in [0, 0.1) is 10.1 Å². The molecule has 3 aromatic rings. The van der Waals surface area contributed by atoms with Gasteiger partial charge in [-0.15, -0.1) is 11.3 Å². The third kappa shape index (κ3) is 4.09. The minimum Gasteiger partial charge on any atom is -0.493 e. The van der Waals surface area contributed by atoms with E-state index in [2.05, 4.69) is 0 Å². The molecule has 1 aliphatic rings. The van der Waals surface area contributed by atoms with E-state index in [1.807, 2.05) is 29.6 Å². The highest BCUT2D eigenvalue weighted by molar-refractivity contribution is 7.10. The molecular weight excluding hydrogens is 428 g/mol. The first-order chi connectivity index (χ1) is 15.5. The molecule has 1 aromatic heterocycles. The number of nitro benzene ring substituents is 1. The van der Waals surface area contributed by atoms with Gasteiger partial charge in [-0.25, -0.2) is 0 Å². The normalized spacial score (nSPS) is 15.4. The van der Waals surface area contributed by atoms with Crippen molar-refractivity contribution in [3.05, 3.63) is 91.7 Å². The van der Waals surface area contributed by atoms with Gasteiger partial charge in [0.1, 0.15) is 0 Å². The number of nitrogens with zero attached hydrogens (tertiary/aromatic N) is 2. The molecule has 1 atom stereocenters. The Labute approximate surface area is 189 Å². The van der Waals surface area contributed by atoms with E-state index in [-0.39, 0.29) is 17.6 Å². The molecule has 8 heteroatoms. The van der Waals surface area contributed by atoms with Crippen LogP contribution >= 0.6 is 11.3 Å². The zero-order chi connectivity index (χ0) is 22.7.